The van der Waals surface area contributed by atoms with Crippen molar-refractivity contribution in [2.75, 3.05) is 12.0 Å². The van der Waals surface area contributed by atoms with Gasteiger partial charge in [-0.15, -0.1) is 0 Å². The van der Waals surface area contributed by atoms with Gasteiger partial charge in [0.05, 0.1) is 10.5 Å². The van der Waals surface area contributed by atoms with Gasteiger partial charge in [0.25, 0.3) is 0 Å². The van der Waals surface area contributed by atoms with Gasteiger partial charge in [0.2, 0.25) is 0 Å². The predicted molar refractivity (Wildman–Crippen MR) is 138 cm³/mol. The minimum absolute atomic E-state index is 0.0174. The third-order valence-corrected chi connectivity index (χ3v) is 11.4. The Kier molecular flexibility index (Phi) is 6.25. The van der Waals surface area contributed by atoms with Gasteiger partial charge in [0, 0.05) is 15.9 Å². The van der Waals surface area contributed by atoms with E-state index in [2.05, 4.69) is 73.8 Å². The van der Waals surface area contributed by atoms with Gasteiger partial charge in [-0.25, -0.2) is 4.79 Å². The van der Waals surface area contributed by atoms with Gasteiger partial charge < -0.3 is 9.47 Å². The maximum absolute atomic E-state index is 12.4. The normalized spacial score (nSPS) is 42.4. The lowest BCUT2D eigenvalue weighted by Gasteiger charge is -2.57. The second kappa shape index (κ2) is 8.04. The fourth-order valence-corrected chi connectivity index (χ4v) is 10.2. The number of carbonyl (C=O) groups excluding carboxylic acids is 2. The van der Waals surface area contributed by atoms with Gasteiger partial charge in [-0.2, -0.15) is 0 Å². The largest absolute Gasteiger partial charge is 0.493 e. The molecule has 5 atom stereocenters. The maximum Gasteiger partial charge on any atom is 0.331 e. The van der Waals surface area contributed by atoms with Gasteiger partial charge in [-0.05, 0) is 72.5 Å². The van der Waals surface area contributed by atoms with Crippen molar-refractivity contribution in [3.8, 4) is 0 Å². The molecular weight excluding hydrogens is 709 g/mol. The molecule has 0 amide bonds. The van der Waals surface area contributed by atoms with Crippen LogP contribution in [0.4, 0.5) is 0 Å². The molecule has 2 saturated carbocycles. The van der Waals surface area contributed by atoms with E-state index >= 15 is 0 Å². The quantitative estimate of drug-likeness (QED) is 0.151. The minimum Gasteiger partial charge on any atom is -0.493 e. The van der Waals surface area contributed by atoms with Crippen molar-refractivity contribution < 1.29 is 19.1 Å². The van der Waals surface area contributed by atoms with Crippen molar-refractivity contribution in [2.45, 2.75) is 57.4 Å². The summed E-state index contributed by atoms with van der Waals surface area (Å²) in [6, 6.07) is 0. The molecule has 0 aromatic heterocycles. The summed E-state index contributed by atoms with van der Waals surface area (Å²) in [6.07, 6.45) is 12.3. The van der Waals surface area contributed by atoms with E-state index in [-0.39, 0.29) is 18.6 Å². The van der Waals surface area contributed by atoms with Crippen LogP contribution in [0.25, 0.3) is 0 Å². The number of halogens is 3. The van der Waals surface area contributed by atoms with Crippen LogP contribution < -0.4 is 0 Å². The van der Waals surface area contributed by atoms with Crippen LogP contribution in [0.5, 0.6) is 0 Å². The first-order valence-corrected chi connectivity index (χ1v) is 14.3. The molecule has 0 N–H and O–H groups in total. The minimum atomic E-state index is -0.486. The first kappa shape index (κ1) is 22.5. The summed E-state index contributed by atoms with van der Waals surface area (Å²) < 4.78 is 11.5. The van der Waals surface area contributed by atoms with E-state index in [1.165, 1.54) is 11.1 Å². The van der Waals surface area contributed by atoms with E-state index in [9.17, 15) is 9.59 Å². The second-order valence-corrected chi connectivity index (χ2v) is 12.3. The average molecular weight is 734 g/mol. The lowest BCUT2D eigenvalue weighted by Crippen LogP contribution is -2.57. The molecule has 0 saturated heterocycles. The lowest BCUT2D eigenvalue weighted by atomic mass is 9.57. The van der Waals surface area contributed by atoms with Crippen molar-refractivity contribution in [2.24, 2.45) is 11.8 Å². The standard InChI is InChI=1S/C21H22I2O4.CH3I/c1-26-18-14-5-10-20(22)13-4-8-19(9-7-17(25)27-19)12(13)2-3-16(20)21(14,23)11-6-15(18)24;1-2/h2,7,9,13,16H,3-6,8,10-11H2,1H3;1H3/t13?,16?,19-,20?,21?;/m1./s1. The number of alkyl halides is 3. The van der Waals surface area contributed by atoms with E-state index in [0.717, 1.165) is 38.5 Å². The predicted octanol–water partition coefficient (Wildman–Crippen LogP) is 5.65. The Morgan fingerprint density at radius 3 is 2.55 bits per heavy atom. The average Bonchev–Trinajstić information content (AvgIpc) is 3.28. The number of ether oxygens (including phenoxy) is 2. The van der Waals surface area contributed by atoms with Crippen molar-refractivity contribution in [1.82, 2.24) is 0 Å². The summed E-state index contributed by atoms with van der Waals surface area (Å²) in [5, 5.41) is 0. The Morgan fingerprint density at radius 2 is 1.90 bits per heavy atom. The molecule has 2 fully saturated rings. The molecular formula is C22H25I3O4. The molecule has 1 heterocycles. The Labute approximate surface area is 213 Å². The molecule has 5 aliphatic rings. The number of ketones is 1. The highest BCUT2D eigenvalue weighted by Gasteiger charge is 2.64. The summed E-state index contributed by atoms with van der Waals surface area (Å²) >= 11 is 7.51. The zero-order valence-electron chi connectivity index (χ0n) is 16.6. The molecule has 1 spiro atoms. The summed E-state index contributed by atoms with van der Waals surface area (Å²) in [4.78, 5) is 26.1. The zero-order valence-corrected chi connectivity index (χ0v) is 23.1. The number of methoxy groups -OCH3 is 1. The Bertz CT molecular complexity index is 847. The molecule has 0 bridgehead atoms. The summed E-state index contributed by atoms with van der Waals surface area (Å²) in [6.45, 7) is 0. The number of Topliss-reactive ketones (excluding diaryl/α,β-unsaturated/α-hetero) is 1. The number of esters is 1. The van der Waals surface area contributed by atoms with Crippen LogP contribution in [0, 0.1) is 11.8 Å². The zero-order chi connectivity index (χ0) is 21.0. The highest BCUT2D eigenvalue weighted by atomic mass is 127. The molecule has 4 nitrogen and oxygen atoms in total. The van der Waals surface area contributed by atoms with E-state index in [0.29, 0.717) is 24.0 Å². The highest BCUT2D eigenvalue weighted by Crippen LogP contribution is 2.67. The van der Waals surface area contributed by atoms with Gasteiger partial charge in [0.1, 0.15) is 0 Å². The van der Waals surface area contributed by atoms with Crippen molar-refractivity contribution in [1.29, 1.82) is 0 Å². The fourth-order valence-electron chi connectivity index (χ4n) is 6.28. The number of fused-ring (bicyclic) bond motifs is 6. The second-order valence-electron chi connectivity index (χ2n) is 8.41. The van der Waals surface area contributed by atoms with E-state index < -0.39 is 5.60 Å². The van der Waals surface area contributed by atoms with Gasteiger partial charge in [0.15, 0.2) is 17.1 Å². The molecule has 4 aliphatic carbocycles. The van der Waals surface area contributed by atoms with E-state index in [4.69, 9.17) is 9.47 Å². The van der Waals surface area contributed by atoms with Crippen LogP contribution in [0.15, 0.2) is 35.1 Å². The molecule has 1 aliphatic heterocycles. The van der Waals surface area contributed by atoms with Gasteiger partial charge in [-0.3, -0.25) is 4.79 Å². The van der Waals surface area contributed by atoms with E-state index in [1.807, 2.05) is 11.0 Å². The van der Waals surface area contributed by atoms with Crippen LogP contribution in [0.2, 0.25) is 0 Å². The number of hydrogen-bond donors (Lipinski definition) is 0. The Hall–Kier alpha value is 0.350. The molecule has 158 valence electrons. The highest BCUT2D eigenvalue weighted by molar-refractivity contribution is 14.1. The van der Waals surface area contributed by atoms with Gasteiger partial charge >= 0.3 is 5.97 Å². The van der Waals surface area contributed by atoms with Crippen LogP contribution in [-0.2, 0) is 19.1 Å². The summed E-state index contributed by atoms with van der Waals surface area (Å²) in [5.41, 5.74) is 2.07. The van der Waals surface area contributed by atoms with Crippen LogP contribution in [-0.4, -0.2) is 36.2 Å². The fraction of sp³-hybridized carbons (Fsp3) is 0.636. The summed E-state index contributed by atoms with van der Waals surface area (Å²) in [5.74, 6) is 1.48. The molecule has 0 aromatic rings. The van der Waals surface area contributed by atoms with Crippen LogP contribution in [0.3, 0.4) is 0 Å². The smallest absolute Gasteiger partial charge is 0.331 e. The number of rotatable bonds is 1. The Balaban J connectivity index is 0.000000994. The molecule has 0 radical (unpaired) electrons. The van der Waals surface area contributed by atoms with Crippen molar-refractivity contribution in [3.05, 3.63) is 35.1 Å². The molecule has 0 aromatic carbocycles. The summed E-state index contributed by atoms with van der Waals surface area (Å²) in [7, 11) is 1.63. The monoisotopic (exact) mass is 734 g/mol. The third kappa shape index (κ3) is 3.21. The molecule has 7 heteroatoms. The van der Waals surface area contributed by atoms with Crippen LogP contribution in [0.1, 0.15) is 44.9 Å². The molecule has 4 unspecified atom stereocenters. The maximum atomic E-state index is 12.4. The molecule has 5 rings (SSSR count). The topological polar surface area (TPSA) is 52.6 Å². The first-order valence-electron chi connectivity index (χ1n) is 10.0. The van der Waals surface area contributed by atoms with Gasteiger partial charge in [-0.1, -0.05) is 73.8 Å². The van der Waals surface area contributed by atoms with Crippen molar-refractivity contribution >= 4 is 79.5 Å². The number of hydrogen-bond acceptors (Lipinski definition) is 4. The SMILES string of the molecule is CI.COC1=C2CCC3(I)C4CC[C@@]5(C=CC(=O)O5)C4=CCC3C2(I)CCC1=O. The number of carbonyl (C=O) groups is 2. The first-order chi connectivity index (χ1) is 13.8. The number of allylic oxidation sites excluding steroid dienone is 3. The lowest BCUT2D eigenvalue weighted by molar-refractivity contribution is -0.142. The van der Waals surface area contributed by atoms with E-state index in [1.54, 1.807) is 13.2 Å². The molecule has 29 heavy (non-hydrogen) atoms. The Morgan fingerprint density at radius 1 is 1.14 bits per heavy atom. The van der Waals surface area contributed by atoms with Crippen LogP contribution >= 0.6 is 67.8 Å². The van der Waals surface area contributed by atoms with Crippen molar-refractivity contribution in [3.63, 3.8) is 0 Å². The third-order valence-electron chi connectivity index (χ3n) is 7.43.